The highest BCUT2D eigenvalue weighted by Crippen LogP contribution is 2.23. The van der Waals surface area contributed by atoms with Crippen molar-refractivity contribution in [3.8, 4) is 0 Å². The molecule has 2 rings (SSSR count). The molecule has 1 aliphatic heterocycles. The minimum Gasteiger partial charge on any atom is -0.369 e. The summed E-state index contributed by atoms with van der Waals surface area (Å²) in [6.45, 7) is -14.9. The highest BCUT2D eigenvalue weighted by Gasteiger charge is 2.18. The van der Waals surface area contributed by atoms with Gasteiger partial charge in [0.15, 0.2) is 1.41 Å². The molecular weight excluding hydrogens is 395 g/mol. The van der Waals surface area contributed by atoms with Gasteiger partial charge in [0.1, 0.15) is 7.23 Å². The Labute approximate surface area is 199 Å². The zero-order valence-corrected chi connectivity index (χ0v) is 16.3. The van der Waals surface area contributed by atoms with Crippen LogP contribution in [0, 0.1) is 11.7 Å². The molecule has 2 N–H and O–H groups in total. The molecule has 164 valence electrons. The SMILES string of the molecule is [2H]c1c(F)c([2H])c(N2C([2H])CN(C([2H])([2H])CCCN([2H])S(=O)(=O)C([2H])([2H])C([2H])(C([2H])([2H])[2H])C([2H])([2H])[2H])CC2[2H])c([2H])c1N([2H])C(C)=O. The van der Waals surface area contributed by atoms with Crippen LogP contribution in [0.3, 0.4) is 0 Å². The van der Waals surface area contributed by atoms with Gasteiger partial charge in [-0.25, -0.2) is 17.5 Å². The quantitative estimate of drug-likeness (QED) is 0.576. The second-order valence-corrected chi connectivity index (χ2v) is 7.17. The van der Waals surface area contributed by atoms with Crippen LogP contribution in [0.15, 0.2) is 18.1 Å². The molecule has 0 aliphatic carbocycles. The van der Waals surface area contributed by atoms with Crippen molar-refractivity contribution >= 4 is 27.3 Å². The molecule has 1 amide bonds. The average molecular weight is 447 g/mol. The molecule has 0 spiro atoms. The lowest BCUT2D eigenvalue weighted by atomic mass is 10.2. The lowest BCUT2D eigenvalue weighted by Gasteiger charge is -2.36. The maximum absolute atomic E-state index is 14.8. The molecule has 1 aromatic rings. The van der Waals surface area contributed by atoms with Crippen LogP contribution in [0.5, 0.6) is 0 Å². The highest BCUT2D eigenvalue weighted by atomic mass is 32.2. The molecule has 1 fully saturated rings. The first kappa shape index (κ1) is 8.80. The van der Waals surface area contributed by atoms with Gasteiger partial charge in [0.25, 0.3) is 0 Å². The summed E-state index contributed by atoms with van der Waals surface area (Å²) in [6, 6.07) is -3.02. The van der Waals surface area contributed by atoms with Crippen molar-refractivity contribution in [1.29, 1.82) is 0 Å². The van der Waals surface area contributed by atoms with Gasteiger partial charge < -0.3 is 10.2 Å². The molecule has 2 atom stereocenters. The van der Waals surface area contributed by atoms with E-state index in [0.29, 0.717) is 0 Å². The second-order valence-electron chi connectivity index (χ2n) is 5.76. The van der Waals surface area contributed by atoms with Gasteiger partial charge in [0, 0.05) is 66.1 Å². The van der Waals surface area contributed by atoms with Gasteiger partial charge in [-0.15, -0.1) is 0 Å². The largest absolute Gasteiger partial charge is 0.369 e. The van der Waals surface area contributed by atoms with Crippen LogP contribution in [0.2, 0.25) is 2.82 Å². The van der Waals surface area contributed by atoms with Crippen molar-refractivity contribution in [1.82, 2.24) is 9.62 Å². The number of piperazine rings is 1. The van der Waals surface area contributed by atoms with Gasteiger partial charge in [-0.3, -0.25) is 9.69 Å². The first-order chi connectivity index (χ1) is 20.9. The van der Waals surface area contributed by atoms with Crippen molar-refractivity contribution in [2.45, 2.75) is 33.5 Å². The number of sulfonamides is 1. The van der Waals surface area contributed by atoms with Crippen LogP contribution >= 0.6 is 0 Å². The zero-order valence-electron chi connectivity index (χ0n) is 33.5. The molecule has 29 heavy (non-hydrogen) atoms. The van der Waals surface area contributed by atoms with Crippen LogP contribution in [0.25, 0.3) is 0 Å². The molecule has 1 aromatic carbocycles. The van der Waals surface area contributed by atoms with Gasteiger partial charge in [-0.1, -0.05) is 13.7 Å². The van der Waals surface area contributed by atoms with Crippen LogP contribution in [0.1, 0.15) is 55.4 Å². The smallest absolute Gasteiger partial charge is 0.221 e. The maximum Gasteiger partial charge on any atom is 0.221 e. The summed E-state index contributed by atoms with van der Waals surface area (Å²) in [5, 5.41) is 0.0566. The van der Waals surface area contributed by atoms with Gasteiger partial charge in [0.2, 0.25) is 15.9 Å². The van der Waals surface area contributed by atoms with E-state index in [0.717, 1.165) is 16.7 Å². The molecule has 2 unspecified atom stereocenters. The molecule has 7 nitrogen and oxygen atoms in total. The van der Waals surface area contributed by atoms with E-state index in [2.05, 4.69) is 0 Å². The lowest BCUT2D eigenvalue weighted by molar-refractivity contribution is -0.114. The van der Waals surface area contributed by atoms with Crippen molar-refractivity contribution < 1.29 is 42.4 Å². The third-order valence-corrected chi connectivity index (χ3v) is 4.37. The fourth-order valence-corrected chi connectivity index (χ4v) is 2.94. The minimum atomic E-state index is -5.78. The van der Waals surface area contributed by atoms with E-state index < -0.39 is 133 Å². The first-order valence-electron chi connectivity index (χ1n) is 17.4. The number of nitrogens with one attached hydrogen (secondary N) is 2. The topological polar surface area (TPSA) is 81.8 Å². The average Bonchev–Trinajstić information content (AvgIpc) is 2.90. The number of hydrogen-bond donors (Lipinski definition) is 2. The Morgan fingerprint density at radius 3 is 2.79 bits per heavy atom. The highest BCUT2D eigenvalue weighted by molar-refractivity contribution is 7.89. The number of benzene rings is 1. The molecule has 1 aliphatic rings. The van der Waals surface area contributed by atoms with Gasteiger partial charge >= 0.3 is 0 Å². The summed E-state index contributed by atoms with van der Waals surface area (Å²) in [5.41, 5.74) is -5.86. The molecule has 0 aromatic heterocycles. The Bertz CT molecular complexity index is 1430. The molecule has 0 bridgehead atoms. The van der Waals surface area contributed by atoms with Crippen molar-refractivity contribution in [2.24, 2.45) is 5.89 Å². The molecule has 1 saturated heterocycles. The summed E-state index contributed by atoms with van der Waals surface area (Å²) >= 11 is 0. The zero-order chi connectivity index (χ0) is 37.0. The fraction of sp³-hybridized carbons (Fsp3) is 0.650. The molecular formula is C20H33FN4O3S. The van der Waals surface area contributed by atoms with E-state index >= 15 is 0 Å². The Kier molecular flexibility index (Phi) is 3.31. The Morgan fingerprint density at radius 1 is 1.41 bits per heavy atom. The third kappa shape index (κ3) is 8.67. The maximum atomic E-state index is 14.8. The molecule has 9 heteroatoms. The van der Waals surface area contributed by atoms with E-state index in [4.69, 9.17) is 24.8 Å². The standard InChI is InChI=1S/C20H33FN4O3S/c1-16(2)15-29(27,28)22-6-4-5-7-24-8-10-25(11-9-24)20-13-18(21)12-19(14-20)23-17(3)26/h12-14,16,22H,4-11,15H2,1-3H3,(H,23,26)/i1D3,2D3,7D2,10D,11D,12D,13D,14D,15D2,16D/hD2. The summed E-state index contributed by atoms with van der Waals surface area (Å²) in [7, 11) is -5.78. The van der Waals surface area contributed by atoms with Crippen LogP contribution in [-0.2, 0) is 14.8 Å². The number of nitrogens with zero attached hydrogens (tertiary/aromatic N) is 2. The number of carbonyl (C=O) groups excluding carboxylic acids is 1. The predicted molar refractivity (Wildman–Crippen MR) is 115 cm³/mol. The van der Waals surface area contributed by atoms with Crippen LogP contribution in [-0.4, -0.2) is 64.1 Å². The normalized spacial score (nSPS) is 32.2. The van der Waals surface area contributed by atoms with Gasteiger partial charge in [-0.2, -0.15) is 0 Å². The third-order valence-electron chi connectivity index (χ3n) is 3.38. The van der Waals surface area contributed by atoms with Gasteiger partial charge in [-0.05, 0) is 43.4 Å². The van der Waals surface area contributed by atoms with E-state index in [1.54, 1.807) is 0 Å². The predicted octanol–water partition coefficient (Wildman–Crippen LogP) is 2.26. The van der Waals surface area contributed by atoms with Crippen molar-refractivity contribution in [3.05, 3.63) is 23.9 Å². The van der Waals surface area contributed by atoms with Crippen molar-refractivity contribution in [3.63, 3.8) is 0 Å². The van der Waals surface area contributed by atoms with Crippen LogP contribution < -0.4 is 14.9 Å². The van der Waals surface area contributed by atoms with E-state index in [1.165, 1.54) is 0 Å². The van der Waals surface area contributed by atoms with E-state index in [-0.39, 0.29) is 5.31 Å². The number of carbonyl (C=O) groups is 1. The Hall–Kier alpha value is -1.71. The molecule has 0 saturated carbocycles. The first-order valence-corrected chi connectivity index (χ1v) is 9.83. The minimum absolute atomic E-state index is 0.0566. The summed E-state index contributed by atoms with van der Waals surface area (Å²) < 4.78 is 182. The number of halogens is 1. The fourth-order valence-electron chi connectivity index (χ4n) is 2.25. The summed E-state index contributed by atoms with van der Waals surface area (Å²) in [4.78, 5) is 13.4. The van der Waals surface area contributed by atoms with Gasteiger partial charge in [0.05, 0.1) is 12.6 Å². The second kappa shape index (κ2) is 10.9. The summed E-state index contributed by atoms with van der Waals surface area (Å²) in [6.07, 6.45) is -1.18. The number of rotatable bonds is 10. The van der Waals surface area contributed by atoms with E-state index in [9.17, 15) is 17.6 Å². The summed E-state index contributed by atoms with van der Waals surface area (Å²) in [5.74, 6) is -6.73. The number of hydrogen-bond acceptors (Lipinski definition) is 5. The van der Waals surface area contributed by atoms with Crippen LogP contribution in [0.4, 0.5) is 15.8 Å². The monoisotopic (exact) mass is 446 g/mol. The molecule has 0 radical (unpaired) electrons. The Morgan fingerprint density at radius 2 is 2.14 bits per heavy atom. The lowest BCUT2D eigenvalue weighted by Crippen LogP contribution is -2.46. The number of amides is 1. The van der Waals surface area contributed by atoms with E-state index in [1.807, 2.05) is 0 Å². The van der Waals surface area contributed by atoms with Crippen molar-refractivity contribution in [2.75, 3.05) is 55.1 Å². The number of anilines is 2. The molecule has 1 heterocycles. The Balaban J connectivity index is 2.29.